The largest absolute Gasteiger partial charge is 0.314 e. The molecule has 0 aromatic carbocycles. The monoisotopic (exact) mass is 198 g/mol. The van der Waals surface area contributed by atoms with Gasteiger partial charge in [-0.05, 0) is 13.3 Å². The highest BCUT2D eigenvalue weighted by atomic mass is 32.1. The van der Waals surface area contributed by atoms with Crippen LogP contribution in [0.1, 0.15) is 38.1 Å². The van der Waals surface area contributed by atoms with Crippen molar-refractivity contribution in [1.29, 1.82) is 0 Å². The van der Waals surface area contributed by atoms with E-state index >= 15 is 0 Å². The molecule has 1 aromatic rings. The molecular weight excluding hydrogens is 180 g/mol. The van der Waals surface area contributed by atoms with Gasteiger partial charge in [0.2, 0.25) is 0 Å². The molecule has 0 radical (unpaired) electrons. The fraction of sp³-hybridized carbons (Fsp3) is 0.700. The van der Waals surface area contributed by atoms with Gasteiger partial charge in [0.15, 0.2) is 0 Å². The molecule has 0 saturated heterocycles. The van der Waals surface area contributed by atoms with Crippen LogP contribution in [-0.2, 0) is 0 Å². The topological polar surface area (TPSA) is 24.9 Å². The quantitative estimate of drug-likeness (QED) is 0.786. The van der Waals surface area contributed by atoms with E-state index in [-0.39, 0.29) is 0 Å². The Bertz CT molecular complexity index is 221. The Kier molecular flexibility index (Phi) is 4.39. The molecule has 0 saturated carbocycles. The second-order valence-electron chi connectivity index (χ2n) is 3.49. The van der Waals surface area contributed by atoms with Gasteiger partial charge in [-0.15, -0.1) is 11.3 Å². The third kappa shape index (κ3) is 3.44. The second kappa shape index (κ2) is 5.35. The van der Waals surface area contributed by atoms with E-state index in [4.69, 9.17) is 0 Å². The number of hydrogen-bond donors (Lipinski definition) is 1. The summed E-state index contributed by atoms with van der Waals surface area (Å²) in [6, 6.07) is 0.613. The molecule has 3 heteroatoms. The van der Waals surface area contributed by atoms with Crippen molar-refractivity contribution in [3.63, 3.8) is 0 Å². The maximum Gasteiger partial charge on any atom is 0.0965 e. The Labute approximate surface area is 84.4 Å². The van der Waals surface area contributed by atoms with Crippen LogP contribution in [0.15, 0.2) is 11.6 Å². The Morgan fingerprint density at radius 1 is 1.54 bits per heavy atom. The van der Waals surface area contributed by atoms with E-state index in [9.17, 15) is 0 Å². The molecule has 0 aliphatic rings. The lowest BCUT2D eigenvalue weighted by Gasteiger charge is -2.14. The molecule has 1 N–H and O–H groups in total. The minimum absolute atomic E-state index is 0.536. The molecule has 0 fully saturated rings. The van der Waals surface area contributed by atoms with Gasteiger partial charge in [-0.2, -0.15) is 0 Å². The first kappa shape index (κ1) is 10.7. The molecule has 0 bridgehead atoms. The molecule has 0 spiro atoms. The zero-order valence-electron chi connectivity index (χ0n) is 8.58. The van der Waals surface area contributed by atoms with E-state index < -0.39 is 0 Å². The number of nitrogens with zero attached hydrogens (tertiary/aromatic N) is 1. The average Bonchev–Trinajstić information content (AvgIpc) is 2.66. The first-order valence-corrected chi connectivity index (χ1v) is 5.74. The van der Waals surface area contributed by atoms with E-state index in [2.05, 4.69) is 31.1 Å². The summed E-state index contributed by atoms with van der Waals surface area (Å²) in [4.78, 5) is 4.30. The Morgan fingerprint density at radius 3 is 2.85 bits per heavy atom. The van der Waals surface area contributed by atoms with E-state index in [0.717, 1.165) is 6.54 Å². The molecule has 1 rings (SSSR count). The first-order chi connectivity index (χ1) is 6.24. The predicted octanol–water partition coefficient (Wildman–Crippen LogP) is 2.63. The smallest absolute Gasteiger partial charge is 0.0965 e. The third-order valence-electron chi connectivity index (χ3n) is 2.26. The molecule has 1 heterocycles. The summed E-state index contributed by atoms with van der Waals surface area (Å²) in [5, 5.41) is 6.76. The number of rotatable bonds is 5. The normalized spacial score (nSPS) is 15.6. The van der Waals surface area contributed by atoms with Crippen molar-refractivity contribution in [2.24, 2.45) is 0 Å². The minimum Gasteiger partial charge on any atom is -0.314 e. The molecule has 2 atom stereocenters. The van der Waals surface area contributed by atoms with Gasteiger partial charge in [0.1, 0.15) is 0 Å². The van der Waals surface area contributed by atoms with Gasteiger partial charge in [-0.3, -0.25) is 0 Å². The standard InChI is InChI=1S/C10H18N2S/c1-4-9(3)12-7-8(2)10-11-5-6-13-10/h5-6,8-9,12H,4,7H2,1-3H3. The molecule has 1 aromatic heterocycles. The van der Waals surface area contributed by atoms with Crippen LogP contribution in [0, 0.1) is 0 Å². The Hall–Kier alpha value is -0.410. The van der Waals surface area contributed by atoms with Gasteiger partial charge in [-0.1, -0.05) is 13.8 Å². The summed E-state index contributed by atoms with van der Waals surface area (Å²) >= 11 is 1.74. The van der Waals surface area contributed by atoms with Gasteiger partial charge in [0.25, 0.3) is 0 Å². The fourth-order valence-electron chi connectivity index (χ4n) is 1.09. The van der Waals surface area contributed by atoms with Crippen LogP contribution >= 0.6 is 11.3 Å². The first-order valence-electron chi connectivity index (χ1n) is 4.86. The van der Waals surface area contributed by atoms with Crippen LogP contribution < -0.4 is 5.32 Å². The predicted molar refractivity (Wildman–Crippen MR) is 58.3 cm³/mol. The highest BCUT2D eigenvalue weighted by Crippen LogP contribution is 2.16. The van der Waals surface area contributed by atoms with Crippen LogP contribution in [0.2, 0.25) is 0 Å². The van der Waals surface area contributed by atoms with Crippen molar-refractivity contribution in [3.8, 4) is 0 Å². The molecule has 0 aliphatic heterocycles. The fourth-order valence-corrected chi connectivity index (χ4v) is 1.79. The maximum absolute atomic E-state index is 4.30. The van der Waals surface area contributed by atoms with Crippen LogP contribution in [-0.4, -0.2) is 17.6 Å². The van der Waals surface area contributed by atoms with Crippen molar-refractivity contribution in [1.82, 2.24) is 10.3 Å². The van der Waals surface area contributed by atoms with Gasteiger partial charge in [0, 0.05) is 30.1 Å². The molecular formula is C10H18N2S. The van der Waals surface area contributed by atoms with Crippen molar-refractivity contribution in [3.05, 3.63) is 16.6 Å². The summed E-state index contributed by atoms with van der Waals surface area (Å²) < 4.78 is 0. The van der Waals surface area contributed by atoms with Gasteiger partial charge < -0.3 is 5.32 Å². The lowest BCUT2D eigenvalue weighted by atomic mass is 10.1. The summed E-state index contributed by atoms with van der Waals surface area (Å²) in [5.74, 6) is 0.536. The molecule has 0 amide bonds. The SMILES string of the molecule is CCC(C)NCC(C)c1nccs1. The molecule has 74 valence electrons. The molecule has 2 nitrogen and oxygen atoms in total. The minimum atomic E-state index is 0.536. The summed E-state index contributed by atoms with van der Waals surface area (Å²) in [7, 11) is 0. The number of nitrogens with one attached hydrogen (secondary N) is 1. The van der Waals surface area contributed by atoms with Crippen LogP contribution in [0.3, 0.4) is 0 Å². The Morgan fingerprint density at radius 2 is 2.31 bits per heavy atom. The lowest BCUT2D eigenvalue weighted by molar-refractivity contribution is 0.507. The number of hydrogen-bond acceptors (Lipinski definition) is 3. The number of aromatic nitrogens is 1. The zero-order chi connectivity index (χ0) is 9.68. The van der Waals surface area contributed by atoms with Crippen LogP contribution in [0.4, 0.5) is 0 Å². The van der Waals surface area contributed by atoms with Gasteiger partial charge >= 0.3 is 0 Å². The zero-order valence-corrected chi connectivity index (χ0v) is 9.40. The Balaban J connectivity index is 2.30. The van der Waals surface area contributed by atoms with Crippen molar-refractivity contribution in [2.45, 2.75) is 39.2 Å². The molecule has 13 heavy (non-hydrogen) atoms. The summed E-state index contributed by atoms with van der Waals surface area (Å²) in [6.45, 7) is 7.66. The van der Waals surface area contributed by atoms with E-state index in [1.807, 2.05) is 11.6 Å². The molecule has 2 unspecified atom stereocenters. The molecule has 0 aliphatic carbocycles. The van der Waals surface area contributed by atoms with E-state index in [0.29, 0.717) is 12.0 Å². The summed E-state index contributed by atoms with van der Waals surface area (Å²) in [6.07, 6.45) is 3.06. The van der Waals surface area contributed by atoms with E-state index in [1.165, 1.54) is 11.4 Å². The highest BCUT2D eigenvalue weighted by molar-refractivity contribution is 7.09. The average molecular weight is 198 g/mol. The van der Waals surface area contributed by atoms with Gasteiger partial charge in [-0.25, -0.2) is 4.98 Å². The van der Waals surface area contributed by atoms with Gasteiger partial charge in [0.05, 0.1) is 5.01 Å². The second-order valence-corrected chi connectivity index (χ2v) is 4.42. The highest BCUT2D eigenvalue weighted by Gasteiger charge is 2.08. The van der Waals surface area contributed by atoms with Crippen molar-refractivity contribution < 1.29 is 0 Å². The third-order valence-corrected chi connectivity index (χ3v) is 3.26. The summed E-state index contributed by atoms with van der Waals surface area (Å²) in [5.41, 5.74) is 0. The lowest BCUT2D eigenvalue weighted by Crippen LogP contribution is -2.28. The van der Waals surface area contributed by atoms with Crippen molar-refractivity contribution in [2.75, 3.05) is 6.54 Å². The van der Waals surface area contributed by atoms with Crippen LogP contribution in [0.25, 0.3) is 0 Å². The maximum atomic E-state index is 4.30. The van der Waals surface area contributed by atoms with Crippen LogP contribution in [0.5, 0.6) is 0 Å². The van der Waals surface area contributed by atoms with E-state index in [1.54, 1.807) is 11.3 Å². The van der Waals surface area contributed by atoms with Crippen molar-refractivity contribution >= 4 is 11.3 Å². The number of thiazole rings is 1.